The molecule has 1 aliphatic heterocycles. The highest BCUT2D eigenvalue weighted by molar-refractivity contribution is 9.10. The number of carbonyl (C=O) groups is 1. The lowest BCUT2D eigenvalue weighted by molar-refractivity contribution is -0.133. The minimum absolute atomic E-state index is 0.303. The predicted octanol–water partition coefficient (Wildman–Crippen LogP) is 2.15. The molecule has 1 amide bonds. The van der Waals surface area contributed by atoms with Gasteiger partial charge < -0.3 is 9.80 Å². The zero-order valence-electron chi connectivity index (χ0n) is 11.1. The Morgan fingerprint density at radius 1 is 1.32 bits per heavy atom. The quantitative estimate of drug-likeness (QED) is 0.836. The molecule has 102 valence electrons. The Kier molecular flexibility index (Phi) is 3.48. The average Bonchev–Trinajstić information content (AvgIpc) is 3.16. The predicted molar refractivity (Wildman–Crippen MR) is 78.0 cm³/mol. The van der Waals surface area contributed by atoms with Crippen molar-refractivity contribution in [2.45, 2.75) is 13.3 Å². The molecule has 5 heteroatoms. The molecule has 4 nitrogen and oxygen atoms in total. The number of hydrogen-bond acceptors (Lipinski definition) is 3. The van der Waals surface area contributed by atoms with E-state index < -0.39 is 0 Å². The highest BCUT2D eigenvalue weighted by atomic mass is 79.9. The van der Waals surface area contributed by atoms with Crippen molar-refractivity contribution in [1.29, 1.82) is 0 Å². The minimum atomic E-state index is 0.303. The highest BCUT2D eigenvalue weighted by Crippen LogP contribution is 2.39. The van der Waals surface area contributed by atoms with Gasteiger partial charge in [-0.15, -0.1) is 0 Å². The molecular formula is C14H18BrN3O. The van der Waals surface area contributed by atoms with Crippen molar-refractivity contribution in [1.82, 2.24) is 9.88 Å². The van der Waals surface area contributed by atoms with Gasteiger partial charge >= 0.3 is 0 Å². The molecule has 2 aliphatic rings. The number of anilines is 1. The fourth-order valence-electron chi connectivity index (χ4n) is 2.61. The summed E-state index contributed by atoms with van der Waals surface area (Å²) in [7, 11) is 0. The first-order chi connectivity index (χ1) is 9.15. The molecule has 0 bridgehead atoms. The van der Waals surface area contributed by atoms with Crippen molar-refractivity contribution in [3.05, 3.63) is 22.8 Å². The summed E-state index contributed by atoms with van der Waals surface area (Å²) in [6.07, 6.45) is 2.89. The van der Waals surface area contributed by atoms with E-state index in [2.05, 4.69) is 32.7 Å². The first kappa shape index (κ1) is 12.9. The third kappa shape index (κ3) is 2.76. The molecule has 0 spiro atoms. The van der Waals surface area contributed by atoms with Gasteiger partial charge in [0.05, 0.1) is 0 Å². The molecule has 1 saturated heterocycles. The monoisotopic (exact) mass is 323 g/mol. The third-order valence-corrected chi connectivity index (χ3v) is 4.52. The molecule has 0 N–H and O–H groups in total. The summed E-state index contributed by atoms with van der Waals surface area (Å²) >= 11 is 3.39. The normalized spacial score (nSPS) is 26.4. The van der Waals surface area contributed by atoms with Gasteiger partial charge in [0, 0.05) is 42.8 Å². The second kappa shape index (κ2) is 5.12. The maximum Gasteiger partial charge on any atom is 0.226 e. The van der Waals surface area contributed by atoms with Crippen molar-refractivity contribution in [3.63, 3.8) is 0 Å². The van der Waals surface area contributed by atoms with Gasteiger partial charge in [-0.2, -0.15) is 0 Å². The first-order valence-electron chi connectivity index (χ1n) is 6.80. The molecule has 0 radical (unpaired) electrons. The van der Waals surface area contributed by atoms with E-state index in [1.54, 1.807) is 0 Å². The standard InChI is InChI=1S/C14H18BrN3O/c1-10-8-12(10)14(19)18-6-4-17(5-7-18)13-3-2-11(15)9-16-13/h2-3,9-10,12H,4-8H2,1H3. The van der Waals surface area contributed by atoms with Crippen LogP contribution in [0.1, 0.15) is 13.3 Å². The van der Waals surface area contributed by atoms with Crippen LogP contribution in [0.15, 0.2) is 22.8 Å². The van der Waals surface area contributed by atoms with Crippen LogP contribution in [-0.4, -0.2) is 42.0 Å². The Bertz CT molecular complexity index is 468. The van der Waals surface area contributed by atoms with Crippen LogP contribution in [0.5, 0.6) is 0 Å². The number of hydrogen-bond donors (Lipinski definition) is 0. The number of rotatable bonds is 2. The Hall–Kier alpha value is -1.10. The zero-order chi connectivity index (χ0) is 13.4. The molecular weight excluding hydrogens is 306 g/mol. The van der Waals surface area contributed by atoms with E-state index in [0.29, 0.717) is 17.7 Å². The number of pyridine rings is 1. The number of halogens is 1. The van der Waals surface area contributed by atoms with Crippen molar-refractivity contribution >= 4 is 27.7 Å². The molecule has 1 aromatic heterocycles. The van der Waals surface area contributed by atoms with Crippen LogP contribution in [0.25, 0.3) is 0 Å². The molecule has 2 heterocycles. The summed E-state index contributed by atoms with van der Waals surface area (Å²) in [4.78, 5) is 20.8. The molecule has 1 saturated carbocycles. The van der Waals surface area contributed by atoms with E-state index in [9.17, 15) is 4.79 Å². The lowest BCUT2D eigenvalue weighted by Crippen LogP contribution is -2.49. The SMILES string of the molecule is CC1CC1C(=O)N1CCN(c2ccc(Br)cn2)CC1. The summed E-state index contributed by atoms with van der Waals surface area (Å²) in [6, 6.07) is 4.02. The maximum absolute atomic E-state index is 12.1. The van der Waals surface area contributed by atoms with Crippen molar-refractivity contribution < 1.29 is 4.79 Å². The Balaban J connectivity index is 1.57. The van der Waals surface area contributed by atoms with Crippen LogP contribution in [0, 0.1) is 11.8 Å². The van der Waals surface area contributed by atoms with Crippen molar-refractivity contribution in [2.75, 3.05) is 31.1 Å². The fourth-order valence-corrected chi connectivity index (χ4v) is 2.85. The minimum Gasteiger partial charge on any atom is -0.353 e. The average molecular weight is 324 g/mol. The zero-order valence-corrected chi connectivity index (χ0v) is 12.6. The van der Waals surface area contributed by atoms with Crippen LogP contribution in [-0.2, 0) is 4.79 Å². The van der Waals surface area contributed by atoms with Gasteiger partial charge in [-0.1, -0.05) is 6.92 Å². The second-order valence-electron chi connectivity index (χ2n) is 5.47. The molecule has 0 aromatic carbocycles. The van der Waals surface area contributed by atoms with Crippen LogP contribution >= 0.6 is 15.9 Å². The number of amides is 1. The van der Waals surface area contributed by atoms with Gasteiger partial charge in [-0.25, -0.2) is 4.98 Å². The summed E-state index contributed by atoms with van der Waals surface area (Å²) in [5, 5.41) is 0. The summed E-state index contributed by atoms with van der Waals surface area (Å²) < 4.78 is 0.993. The molecule has 2 fully saturated rings. The highest BCUT2D eigenvalue weighted by Gasteiger charge is 2.41. The largest absolute Gasteiger partial charge is 0.353 e. The smallest absolute Gasteiger partial charge is 0.226 e. The van der Waals surface area contributed by atoms with Gasteiger partial charge in [-0.3, -0.25) is 4.79 Å². The Morgan fingerprint density at radius 3 is 2.53 bits per heavy atom. The number of nitrogens with zero attached hydrogens (tertiary/aromatic N) is 3. The lowest BCUT2D eigenvalue weighted by atomic mass is 10.2. The Morgan fingerprint density at radius 2 is 2.00 bits per heavy atom. The van der Waals surface area contributed by atoms with Crippen LogP contribution in [0.4, 0.5) is 5.82 Å². The van der Waals surface area contributed by atoms with Gasteiger partial charge in [0.1, 0.15) is 5.82 Å². The van der Waals surface area contributed by atoms with E-state index in [0.717, 1.165) is 42.9 Å². The number of aromatic nitrogens is 1. The summed E-state index contributed by atoms with van der Waals surface area (Å²) in [5.41, 5.74) is 0. The lowest BCUT2D eigenvalue weighted by Gasteiger charge is -2.35. The summed E-state index contributed by atoms with van der Waals surface area (Å²) in [6.45, 7) is 5.55. The van der Waals surface area contributed by atoms with E-state index in [-0.39, 0.29) is 0 Å². The van der Waals surface area contributed by atoms with Crippen LogP contribution < -0.4 is 4.90 Å². The van der Waals surface area contributed by atoms with Gasteiger partial charge in [-0.05, 0) is 40.4 Å². The topological polar surface area (TPSA) is 36.4 Å². The molecule has 2 atom stereocenters. The fraction of sp³-hybridized carbons (Fsp3) is 0.571. The second-order valence-corrected chi connectivity index (χ2v) is 6.38. The maximum atomic E-state index is 12.1. The Labute approximate surface area is 121 Å². The van der Waals surface area contributed by atoms with E-state index in [1.807, 2.05) is 23.2 Å². The molecule has 3 rings (SSSR count). The van der Waals surface area contributed by atoms with E-state index >= 15 is 0 Å². The van der Waals surface area contributed by atoms with E-state index in [4.69, 9.17) is 0 Å². The number of carbonyl (C=O) groups excluding carboxylic acids is 1. The molecule has 2 unspecified atom stereocenters. The van der Waals surface area contributed by atoms with Gasteiger partial charge in [0.15, 0.2) is 0 Å². The van der Waals surface area contributed by atoms with Gasteiger partial charge in [0.2, 0.25) is 5.91 Å². The first-order valence-corrected chi connectivity index (χ1v) is 7.60. The third-order valence-electron chi connectivity index (χ3n) is 4.05. The molecule has 1 aliphatic carbocycles. The molecule has 19 heavy (non-hydrogen) atoms. The molecule has 1 aromatic rings. The van der Waals surface area contributed by atoms with Crippen molar-refractivity contribution in [3.8, 4) is 0 Å². The van der Waals surface area contributed by atoms with Crippen LogP contribution in [0.2, 0.25) is 0 Å². The van der Waals surface area contributed by atoms with Gasteiger partial charge in [0.25, 0.3) is 0 Å². The summed E-state index contributed by atoms with van der Waals surface area (Å²) in [5.74, 6) is 2.25. The number of piperazine rings is 1. The van der Waals surface area contributed by atoms with Crippen LogP contribution in [0.3, 0.4) is 0 Å². The van der Waals surface area contributed by atoms with E-state index in [1.165, 1.54) is 0 Å². The van der Waals surface area contributed by atoms with Crippen molar-refractivity contribution in [2.24, 2.45) is 11.8 Å².